The highest BCUT2D eigenvalue weighted by atomic mass is 32.2. The van der Waals surface area contributed by atoms with Gasteiger partial charge < -0.3 is 4.57 Å². The molecule has 3 aromatic heterocycles. The van der Waals surface area contributed by atoms with Crippen molar-refractivity contribution >= 4 is 32.7 Å². The number of ketones is 1. The summed E-state index contributed by atoms with van der Waals surface area (Å²) in [6.07, 6.45) is 10.6. The lowest BCUT2D eigenvalue weighted by Crippen LogP contribution is -2.33. The Morgan fingerprint density at radius 3 is 2.29 bits per heavy atom. The molecule has 2 fully saturated rings. The van der Waals surface area contributed by atoms with Crippen molar-refractivity contribution < 1.29 is 17.6 Å². The number of anilines is 1. The molecule has 0 bridgehead atoms. The van der Waals surface area contributed by atoms with Crippen LogP contribution >= 0.6 is 0 Å². The standard InChI is InChI=1S/C27H27FN6O3S.C2H6.CH4/c1-16-5-8-22(32-38(36,37)34-9-3-4-10-34)24(28)23(16)25(35)21-15-33(2)27-20(21)11-18(12-31-27)19-13-29-26(30-14-19)17-6-7-17;1-2;/h5,8,11-15,17,32H,3-4,6-7,9-10H2,1-2H3;1-2H3;1H4. The number of hydrogen-bond donors (Lipinski definition) is 1. The van der Waals surface area contributed by atoms with Crippen LogP contribution in [0.15, 0.2) is 43.0 Å². The van der Waals surface area contributed by atoms with Crippen molar-refractivity contribution in [3.63, 3.8) is 0 Å². The van der Waals surface area contributed by atoms with E-state index < -0.39 is 21.8 Å². The van der Waals surface area contributed by atoms with Gasteiger partial charge in [0.15, 0.2) is 11.6 Å². The van der Waals surface area contributed by atoms with Crippen LogP contribution in [0.3, 0.4) is 0 Å². The average molecular weight is 581 g/mol. The van der Waals surface area contributed by atoms with Crippen LogP contribution in [-0.4, -0.2) is 51.1 Å². The van der Waals surface area contributed by atoms with Gasteiger partial charge in [-0.3, -0.25) is 9.52 Å². The number of halogens is 1. The summed E-state index contributed by atoms with van der Waals surface area (Å²) in [6, 6.07) is 4.73. The number of aromatic nitrogens is 4. The van der Waals surface area contributed by atoms with Gasteiger partial charge in [-0.05, 0) is 50.3 Å². The molecule has 0 atom stereocenters. The molecule has 0 radical (unpaired) electrons. The lowest BCUT2D eigenvalue weighted by atomic mass is 9.97. The zero-order chi connectivity index (χ0) is 28.6. The number of benzene rings is 1. The average Bonchev–Trinajstić information content (AvgIpc) is 3.54. The Kier molecular flexibility index (Phi) is 8.89. The molecule has 0 amide bonds. The van der Waals surface area contributed by atoms with Crippen LogP contribution in [0.25, 0.3) is 22.2 Å². The van der Waals surface area contributed by atoms with E-state index in [1.807, 2.05) is 19.9 Å². The predicted molar refractivity (Wildman–Crippen MR) is 160 cm³/mol. The monoisotopic (exact) mass is 580 g/mol. The van der Waals surface area contributed by atoms with Crippen LogP contribution < -0.4 is 4.72 Å². The summed E-state index contributed by atoms with van der Waals surface area (Å²) >= 11 is 0. The quantitative estimate of drug-likeness (QED) is 0.269. The van der Waals surface area contributed by atoms with Gasteiger partial charge in [0.2, 0.25) is 0 Å². The summed E-state index contributed by atoms with van der Waals surface area (Å²) in [4.78, 5) is 27.3. The molecule has 2 aliphatic rings. The van der Waals surface area contributed by atoms with Crippen LogP contribution in [0.2, 0.25) is 0 Å². The Morgan fingerprint density at radius 1 is 1.02 bits per heavy atom. The van der Waals surface area contributed by atoms with Crippen molar-refractivity contribution in [1.29, 1.82) is 0 Å². The maximum Gasteiger partial charge on any atom is 0.301 e. The first-order valence-corrected chi connectivity index (χ1v) is 15.1. The highest BCUT2D eigenvalue weighted by molar-refractivity contribution is 7.90. The van der Waals surface area contributed by atoms with Gasteiger partial charge in [0.1, 0.15) is 11.5 Å². The van der Waals surface area contributed by atoms with E-state index in [0.29, 0.717) is 35.6 Å². The molecule has 1 saturated carbocycles. The lowest BCUT2D eigenvalue weighted by Gasteiger charge is -2.18. The van der Waals surface area contributed by atoms with Crippen LogP contribution in [0.1, 0.15) is 80.2 Å². The summed E-state index contributed by atoms with van der Waals surface area (Å²) in [7, 11) is -2.15. The molecule has 1 aliphatic carbocycles. The highest BCUT2D eigenvalue weighted by Crippen LogP contribution is 2.38. The van der Waals surface area contributed by atoms with Gasteiger partial charge >= 0.3 is 10.2 Å². The minimum absolute atomic E-state index is 0. The summed E-state index contributed by atoms with van der Waals surface area (Å²) < 4.78 is 46.6. The third-order valence-electron chi connectivity index (χ3n) is 7.23. The molecule has 6 rings (SSSR count). The molecule has 0 spiro atoms. The number of nitrogens with zero attached hydrogens (tertiary/aromatic N) is 5. The second-order valence-electron chi connectivity index (χ2n) is 10.0. The van der Waals surface area contributed by atoms with Gasteiger partial charge in [-0.25, -0.2) is 19.3 Å². The number of aryl methyl sites for hydroxylation is 2. The van der Waals surface area contributed by atoms with Crippen LogP contribution in [0, 0.1) is 12.7 Å². The van der Waals surface area contributed by atoms with E-state index >= 15 is 4.39 Å². The number of carbonyl (C=O) groups excluding carboxylic acids is 1. The van der Waals surface area contributed by atoms with Crippen LogP contribution in [0.5, 0.6) is 0 Å². The van der Waals surface area contributed by atoms with E-state index in [4.69, 9.17) is 0 Å². The molecule has 1 saturated heterocycles. The fraction of sp³-hybridized carbons (Fsp3) is 0.400. The topological polar surface area (TPSA) is 110 Å². The fourth-order valence-corrected chi connectivity index (χ4v) is 6.24. The molecule has 1 N–H and O–H groups in total. The number of fused-ring (bicyclic) bond motifs is 1. The molecule has 4 aromatic rings. The summed E-state index contributed by atoms with van der Waals surface area (Å²) in [5.41, 5.74) is 2.32. The summed E-state index contributed by atoms with van der Waals surface area (Å²) in [6.45, 7) is 6.39. The maximum absolute atomic E-state index is 15.7. The molecule has 41 heavy (non-hydrogen) atoms. The largest absolute Gasteiger partial charge is 0.335 e. The van der Waals surface area contributed by atoms with E-state index in [0.717, 1.165) is 42.6 Å². The molecule has 4 heterocycles. The first kappa shape index (κ1) is 30.3. The Hall–Kier alpha value is -3.70. The Bertz CT molecular complexity index is 1670. The zero-order valence-corrected chi connectivity index (χ0v) is 23.9. The predicted octanol–water partition coefficient (Wildman–Crippen LogP) is 6.00. The number of carbonyl (C=O) groups is 1. The SMILES string of the molecule is C.CC.Cc1ccc(NS(=O)(=O)N2CCCC2)c(F)c1C(=O)c1cn(C)c2ncc(-c3cnc(C4CC4)nc3)cc12. The smallest absolute Gasteiger partial charge is 0.301 e. The van der Waals surface area contributed by atoms with E-state index in [9.17, 15) is 13.2 Å². The fourth-order valence-electron chi connectivity index (χ4n) is 4.94. The molecule has 9 nitrogen and oxygen atoms in total. The van der Waals surface area contributed by atoms with Gasteiger partial charge in [0, 0.05) is 72.9 Å². The van der Waals surface area contributed by atoms with Gasteiger partial charge in [-0.15, -0.1) is 0 Å². The summed E-state index contributed by atoms with van der Waals surface area (Å²) in [5.74, 6) is -0.170. The van der Waals surface area contributed by atoms with Crippen molar-refractivity contribution in [3.05, 3.63) is 71.3 Å². The second-order valence-corrected chi connectivity index (χ2v) is 11.7. The van der Waals surface area contributed by atoms with Crippen molar-refractivity contribution in [3.8, 4) is 11.1 Å². The molecule has 11 heteroatoms. The number of nitrogens with one attached hydrogen (secondary N) is 1. The summed E-state index contributed by atoms with van der Waals surface area (Å²) in [5, 5.41) is 0.558. The third kappa shape index (κ3) is 5.87. The normalized spacial score (nSPS) is 15.2. The molecular weight excluding hydrogens is 543 g/mol. The van der Waals surface area contributed by atoms with Crippen molar-refractivity contribution in [2.75, 3.05) is 17.8 Å². The molecule has 0 unspecified atom stereocenters. The number of pyridine rings is 1. The molecule has 1 aromatic carbocycles. The van der Waals surface area contributed by atoms with Crippen molar-refractivity contribution in [2.45, 2.75) is 59.8 Å². The minimum atomic E-state index is -3.92. The van der Waals surface area contributed by atoms with Crippen molar-refractivity contribution in [2.24, 2.45) is 7.05 Å². The van der Waals surface area contributed by atoms with Crippen LogP contribution in [0.4, 0.5) is 10.1 Å². The minimum Gasteiger partial charge on any atom is -0.335 e. The van der Waals surface area contributed by atoms with Gasteiger partial charge in [0.25, 0.3) is 0 Å². The second kappa shape index (κ2) is 12.0. The molecular formula is C30H37FN6O3S. The maximum atomic E-state index is 15.7. The first-order chi connectivity index (χ1) is 19.2. The zero-order valence-electron chi connectivity index (χ0n) is 23.1. The van der Waals surface area contributed by atoms with E-state index in [1.165, 1.54) is 10.4 Å². The van der Waals surface area contributed by atoms with Crippen LogP contribution in [-0.2, 0) is 17.3 Å². The Morgan fingerprint density at radius 2 is 1.66 bits per heavy atom. The van der Waals surface area contributed by atoms with E-state index in [2.05, 4.69) is 19.7 Å². The molecule has 218 valence electrons. The Balaban J connectivity index is 0.00000126. The lowest BCUT2D eigenvalue weighted by molar-refractivity contribution is 0.103. The Labute approximate surface area is 241 Å². The first-order valence-electron chi connectivity index (χ1n) is 13.6. The van der Waals surface area contributed by atoms with Gasteiger partial charge in [0.05, 0.1) is 11.3 Å². The van der Waals surface area contributed by atoms with E-state index in [-0.39, 0.29) is 24.2 Å². The van der Waals surface area contributed by atoms with Gasteiger partial charge in [-0.2, -0.15) is 12.7 Å². The number of rotatable bonds is 7. The van der Waals surface area contributed by atoms with E-state index in [1.54, 1.807) is 49.4 Å². The van der Waals surface area contributed by atoms with Gasteiger partial charge in [-0.1, -0.05) is 27.3 Å². The molecule has 1 aliphatic heterocycles. The van der Waals surface area contributed by atoms with Crippen molar-refractivity contribution in [1.82, 2.24) is 23.8 Å². The number of hydrogen-bond acceptors (Lipinski definition) is 6. The highest BCUT2D eigenvalue weighted by Gasteiger charge is 2.29. The third-order valence-corrected chi connectivity index (χ3v) is 8.75.